The second-order valence-electron chi connectivity index (χ2n) is 4.33. The van der Waals surface area contributed by atoms with E-state index in [1.807, 2.05) is 28.8 Å². The van der Waals surface area contributed by atoms with Crippen molar-refractivity contribution in [3.05, 3.63) is 41.2 Å². The summed E-state index contributed by atoms with van der Waals surface area (Å²) in [4.78, 5) is 16.0. The van der Waals surface area contributed by atoms with Crippen LogP contribution in [0.1, 0.15) is 5.82 Å². The number of nitrogens with zero attached hydrogens (tertiary/aromatic N) is 2. The van der Waals surface area contributed by atoms with E-state index in [2.05, 4.69) is 32.8 Å². The Balaban J connectivity index is 2.26. The molecule has 0 unspecified atom stereocenters. The highest BCUT2D eigenvalue weighted by atomic mass is 79.9. The Morgan fingerprint density at radius 3 is 2.95 bits per heavy atom. The maximum atomic E-state index is 11.5. The number of hydrogen-bond acceptors (Lipinski definition) is 3. The number of methoxy groups -OCH3 is 1. The Bertz CT molecular complexity index is 636. The number of carbonyl (C=O) groups excluding carboxylic acids is 1. The summed E-state index contributed by atoms with van der Waals surface area (Å²) in [6.07, 6.45) is 0. The molecular weight excluding hydrogens is 322 g/mol. The largest absolute Gasteiger partial charge is 0.375 e. The molecule has 0 atom stereocenters. The van der Waals surface area contributed by atoms with Gasteiger partial charge in [0.15, 0.2) is 0 Å². The highest BCUT2D eigenvalue weighted by Crippen LogP contribution is 2.18. The molecule has 0 saturated heterocycles. The highest BCUT2D eigenvalue weighted by Gasteiger charge is 2.11. The van der Waals surface area contributed by atoms with E-state index in [0.717, 1.165) is 21.3 Å². The van der Waals surface area contributed by atoms with Crippen LogP contribution in [0.4, 0.5) is 0 Å². The lowest BCUT2D eigenvalue weighted by Crippen LogP contribution is -2.28. The summed E-state index contributed by atoms with van der Waals surface area (Å²) in [7, 11) is 1.49. The Labute approximate surface area is 125 Å². The maximum Gasteiger partial charge on any atom is 0.246 e. The van der Waals surface area contributed by atoms with Gasteiger partial charge in [-0.25, -0.2) is 4.98 Å². The van der Waals surface area contributed by atoms with Crippen LogP contribution in [-0.2, 0) is 22.6 Å². The molecule has 0 aliphatic rings. The molecule has 1 N–H and O–H groups in total. The SMILES string of the molecule is C=C(Br)Cn1c(CNC(=O)COC)nc2ccccc21. The number of hydrogen-bond donors (Lipinski definition) is 1. The number of nitrogens with one attached hydrogen (secondary N) is 1. The molecule has 2 rings (SSSR count). The lowest BCUT2D eigenvalue weighted by molar-refractivity contribution is -0.124. The average molecular weight is 338 g/mol. The smallest absolute Gasteiger partial charge is 0.246 e. The average Bonchev–Trinajstić information content (AvgIpc) is 2.75. The first kappa shape index (κ1) is 14.7. The minimum Gasteiger partial charge on any atom is -0.375 e. The molecule has 106 valence electrons. The number of fused-ring (bicyclic) bond motifs is 1. The molecule has 1 aromatic heterocycles. The van der Waals surface area contributed by atoms with Gasteiger partial charge >= 0.3 is 0 Å². The summed E-state index contributed by atoms with van der Waals surface area (Å²) in [6.45, 7) is 4.88. The molecular formula is C14H16BrN3O2. The predicted octanol–water partition coefficient (Wildman–Crippen LogP) is 2.21. The van der Waals surface area contributed by atoms with E-state index in [-0.39, 0.29) is 12.5 Å². The van der Waals surface area contributed by atoms with E-state index in [1.165, 1.54) is 7.11 Å². The van der Waals surface area contributed by atoms with Crippen LogP contribution in [0.2, 0.25) is 0 Å². The van der Waals surface area contributed by atoms with Crippen molar-refractivity contribution < 1.29 is 9.53 Å². The molecule has 0 aliphatic carbocycles. The third-order valence-electron chi connectivity index (χ3n) is 2.78. The molecule has 0 saturated carbocycles. The summed E-state index contributed by atoms with van der Waals surface area (Å²) in [5.74, 6) is 0.625. The minimum atomic E-state index is -0.163. The van der Waals surface area contributed by atoms with Crippen LogP contribution in [0, 0.1) is 0 Å². The van der Waals surface area contributed by atoms with Gasteiger partial charge in [-0.1, -0.05) is 34.6 Å². The fourth-order valence-electron chi connectivity index (χ4n) is 1.97. The summed E-state index contributed by atoms with van der Waals surface area (Å²) < 4.78 is 7.66. The van der Waals surface area contributed by atoms with Gasteiger partial charge < -0.3 is 14.6 Å². The first-order chi connectivity index (χ1) is 9.61. The molecule has 1 aromatic carbocycles. The fraction of sp³-hybridized carbons (Fsp3) is 0.286. The Hall–Kier alpha value is -1.66. The molecule has 0 bridgehead atoms. The lowest BCUT2D eigenvalue weighted by atomic mass is 10.3. The van der Waals surface area contributed by atoms with Gasteiger partial charge in [-0.2, -0.15) is 0 Å². The summed E-state index contributed by atoms with van der Waals surface area (Å²) >= 11 is 3.37. The van der Waals surface area contributed by atoms with Crippen LogP contribution in [0.5, 0.6) is 0 Å². The van der Waals surface area contributed by atoms with Crippen LogP contribution >= 0.6 is 15.9 Å². The van der Waals surface area contributed by atoms with E-state index < -0.39 is 0 Å². The standard InChI is InChI=1S/C14H16BrN3O2/c1-10(15)8-18-12-6-4-3-5-11(12)17-13(18)7-16-14(19)9-20-2/h3-6H,1,7-9H2,2H3,(H,16,19). The van der Waals surface area contributed by atoms with E-state index in [1.54, 1.807) is 0 Å². The third kappa shape index (κ3) is 3.46. The number of para-hydroxylation sites is 2. The Kier molecular flexibility index (Phi) is 4.92. The van der Waals surface area contributed by atoms with Crippen LogP contribution in [0.15, 0.2) is 35.3 Å². The number of benzene rings is 1. The molecule has 6 heteroatoms. The highest BCUT2D eigenvalue weighted by molar-refractivity contribution is 9.11. The molecule has 0 fully saturated rings. The fourth-order valence-corrected chi connectivity index (χ4v) is 2.22. The molecule has 0 aliphatic heterocycles. The normalized spacial score (nSPS) is 10.7. The van der Waals surface area contributed by atoms with Gasteiger partial charge in [0.05, 0.1) is 24.1 Å². The maximum absolute atomic E-state index is 11.5. The van der Waals surface area contributed by atoms with Crippen molar-refractivity contribution in [1.82, 2.24) is 14.9 Å². The molecule has 5 nitrogen and oxygen atoms in total. The van der Waals surface area contributed by atoms with E-state index in [4.69, 9.17) is 4.74 Å². The van der Waals surface area contributed by atoms with Crippen LogP contribution < -0.4 is 5.32 Å². The lowest BCUT2D eigenvalue weighted by Gasteiger charge is -2.09. The van der Waals surface area contributed by atoms with Crippen molar-refractivity contribution >= 4 is 32.9 Å². The van der Waals surface area contributed by atoms with Crippen molar-refractivity contribution in [3.8, 4) is 0 Å². The Morgan fingerprint density at radius 2 is 2.25 bits per heavy atom. The van der Waals surface area contributed by atoms with Crippen molar-refractivity contribution in [1.29, 1.82) is 0 Å². The van der Waals surface area contributed by atoms with Gasteiger partial charge in [0.25, 0.3) is 0 Å². The number of carbonyl (C=O) groups is 1. The Morgan fingerprint density at radius 1 is 1.50 bits per heavy atom. The number of allylic oxidation sites excluding steroid dienone is 1. The van der Waals surface area contributed by atoms with Gasteiger partial charge in [-0.05, 0) is 12.1 Å². The number of aromatic nitrogens is 2. The monoisotopic (exact) mass is 337 g/mol. The minimum absolute atomic E-state index is 0.0470. The van der Waals surface area contributed by atoms with E-state index >= 15 is 0 Å². The van der Waals surface area contributed by atoms with Crippen LogP contribution in [0.25, 0.3) is 11.0 Å². The van der Waals surface area contributed by atoms with E-state index in [9.17, 15) is 4.79 Å². The third-order valence-corrected chi connectivity index (χ3v) is 3.03. The van der Waals surface area contributed by atoms with Crippen LogP contribution in [0.3, 0.4) is 0 Å². The summed E-state index contributed by atoms with van der Waals surface area (Å²) in [5, 5.41) is 2.78. The zero-order chi connectivity index (χ0) is 14.5. The topological polar surface area (TPSA) is 56.2 Å². The number of amides is 1. The molecule has 2 aromatic rings. The van der Waals surface area contributed by atoms with Crippen molar-refractivity contribution in [2.24, 2.45) is 0 Å². The van der Waals surface area contributed by atoms with Crippen molar-refractivity contribution in [2.45, 2.75) is 13.1 Å². The molecule has 20 heavy (non-hydrogen) atoms. The summed E-state index contributed by atoms with van der Waals surface area (Å²) in [6, 6.07) is 7.85. The van der Waals surface area contributed by atoms with Gasteiger partial charge in [0.2, 0.25) is 5.91 Å². The van der Waals surface area contributed by atoms with Gasteiger partial charge in [-0.15, -0.1) is 0 Å². The van der Waals surface area contributed by atoms with Gasteiger partial charge in [0, 0.05) is 11.6 Å². The van der Waals surface area contributed by atoms with Gasteiger partial charge in [-0.3, -0.25) is 4.79 Å². The van der Waals surface area contributed by atoms with Gasteiger partial charge in [0.1, 0.15) is 12.4 Å². The second kappa shape index (κ2) is 6.67. The quantitative estimate of drug-likeness (QED) is 0.879. The zero-order valence-corrected chi connectivity index (χ0v) is 12.8. The molecule has 1 amide bonds. The van der Waals surface area contributed by atoms with Crippen molar-refractivity contribution in [2.75, 3.05) is 13.7 Å². The summed E-state index contributed by atoms with van der Waals surface area (Å²) in [5.41, 5.74) is 1.92. The first-order valence-corrected chi connectivity index (χ1v) is 6.94. The number of halogens is 1. The van der Waals surface area contributed by atoms with Crippen molar-refractivity contribution in [3.63, 3.8) is 0 Å². The predicted molar refractivity (Wildman–Crippen MR) is 81.5 cm³/mol. The first-order valence-electron chi connectivity index (χ1n) is 6.15. The molecule has 0 radical (unpaired) electrons. The number of imidazole rings is 1. The van der Waals surface area contributed by atoms with E-state index in [0.29, 0.717) is 13.1 Å². The molecule has 1 heterocycles. The molecule has 0 spiro atoms. The zero-order valence-electron chi connectivity index (χ0n) is 11.2. The number of rotatable bonds is 6. The second-order valence-corrected chi connectivity index (χ2v) is 5.45. The number of ether oxygens (including phenoxy) is 1. The van der Waals surface area contributed by atoms with Crippen LogP contribution in [-0.4, -0.2) is 29.2 Å².